The topological polar surface area (TPSA) is 84.0 Å². The molecular weight excluding hydrogens is 332 g/mol. The van der Waals surface area contributed by atoms with Crippen LogP contribution in [0.15, 0.2) is 34.7 Å². The third-order valence-corrected chi connectivity index (χ3v) is 4.77. The maximum absolute atomic E-state index is 11.8. The van der Waals surface area contributed by atoms with Crippen LogP contribution in [-0.2, 0) is 9.59 Å². The Morgan fingerprint density at radius 2 is 1.91 bits per heavy atom. The van der Waals surface area contributed by atoms with Crippen LogP contribution in [-0.4, -0.2) is 27.8 Å². The number of hydrogen-bond acceptors (Lipinski definition) is 6. The quantitative estimate of drug-likeness (QED) is 0.563. The van der Waals surface area contributed by atoms with Gasteiger partial charge in [-0.2, -0.15) is 0 Å². The number of nitrogens with one attached hydrogen (secondary N) is 2. The lowest BCUT2D eigenvalue weighted by molar-refractivity contribution is -0.116. The van der Waals surface area contributed by atoms with Gasteiger partial charge in [0.2, 0.25) is 16.9 Å². The van der Waals surface area contributed by atoms with Gasteiger partial charge in [0.25, 0.3) is 0 Å². The largest absolute Gasteiger partial charge is 0.325 e. The second-order valence-electron chi connectivity index (χ2n) is 4.73. The molecule has 122 valence electrons. The van der Waals surface area contributed by atoms with Crippen molar-refractivity contribution in [3.63, 3.8) is 0 Å². The highest BCUT2D eigenvalue weighted by Gasteiger charge is 2.10. The van der Waals surface area contributed by atoms with Gasteiger partial charge in [-0.3, -0.25) is 9.59 Å². The molecule has 2 aromatic rings. The van der Waals surface area contributed by atoms with E-state index in [1.165, 1.54) is 23.1 Å². The van der Waals surface area contributed by atoms with Crippen molar-refractivity contribution in [3.8, 4) is 0 Å². The summed E-state index contributed by atoms with van der Waals surface area (Å²) in [7, 11) is 0. The van der Waals surface area contributed by atoms with Gasteiger partial charge in [0.05, 0.1) is 5.75 Å². The Labute approximate surface area is 143 Å². The molecule has 1 aromatic carbocycles. The Hall–Kier alpha value is -1.93. The SMILES string of the molecule is CCCCC(=O)Nc1nnc(SCC(=O)Nc2ccccc2)s1. The summed E-state index contributed by atoms with van der Waals surface area (Å²) >= 11 is 2.57. The Morgan fingerprint density at radius 3 is 2.65 bits per heavy atom. The lowest BCUT2D eigenvalue weighted by Crippen LogP contribution is -2.13. The van der Waals surface area contributed by atoms with Crippen molar-refractivity contribution < 1.29 is 9.59 Å². The number of carbonyl (C=O) groups excluding carboxylic acids is 2. The molecule has 0 bridgehead atoms. The van der Waals surface area contributed by atoms with E-state index in [0.29, 0.717) is 15.9 Å². The molecule has 0 saturated heterocycles. The van der Waals surface area contributed by atoms with Crippen LogP contribution in [0, 0.1) is 0 Å². The fourth-order valence-electron chi connectivity index (χ4n) is 1.68. The zero-order valence-electron chi connectivity index (χ0n) is 12.7. The molecule has 1 heterocycles. The number of carbonyl (C=O) groups is 2. The molecule has 0 radical (unpaired) electrons. The summed E-state index contributed by atoms with van der Waals surface area (Å²) in [5.41, 5.74) is 0.763. The summed E-state index contributed by atoms with van der Waals surface area (Å²) < 4.78 is 0.652. The van der Waals surface area contributed by atoms with Gasteiger partial charge in [-0.25, -0.2) is 0 Å². The monoisotopic (exact) mass is 350 g/mol. The highest BCUT2D eigenvalue weighted by Crippen LogP contribution is 2.25. The van der Waals surface area contributed by atoms with Crippen molar-refractivity contribution in [3.05, 3.63) is 30.3 Å². The van der Waals surface area contributed by atoms with Gasteiger partial charge in [-0.05, 0) is 18.6 Å². The number of anilines is 2. The van der Waals surface area contributed by atoms with Crippen molar-refractivity contribution in [1.82, 2.24) is 10.2 Å². The normalized spacial score (nSPS) is 10.3. The molecule has 0 spiro atoms. The number of rotatable bonds is 8. The van der Waals surface area contributed by atoms with E-state index in [1.54, 1.807) is 0 Å². The number of para-hydroxylation sites is 1. The maximum atomic E-state index is 11.8. The molecule has 0 fully saturated rings. The zero-order valence-corrected chi connectivity index (χ0v) is 14.4. The summed E-state index contributed by atoms with van der Waals surface area (Å²) in [6.07, 6.45) is 2.31. The van der Waals surface area contributed by atoms with E-state index < -0.39 is 0 Å². The molecule has 1 aromatic heterocycles. The van der Waals surface area contributed by atoms with Gasteiger partial charge >= 0.3 is 0 Å². The number of aromatic nitrogens is 2. The van der Waals surface area contributed by atoms with Gasteiger partial charge in [0.15, 0.2) is 4.34 Å². The van der Waals surface area contributed by atoms with Crippen molar-refractivity contribution in [1.29, 1.82) is 0 Å². The molecule has 6 nitrogen and oxygen atoms in total. The van der Waals surface area contributed by atoms with E-state index in [2.05, 4.69) is 20.8 Å². The van der Waals surface area contributed by atoms with Crippen LogP contribution in [0.5, 0.6) is 0 Å². The molecule has 0 saturated carbocycles. The van der Waals surface area contributed by atoms with Crippen LogP contribution in [0.3, 0.4) is 0 Å². The van der Waals surface area contributed by atoms with Crippen molar-refractivity contribution in [2.45, 2.75) is 30.5 Å². The van der Waals surface area contributed by atoms with Gasteiger partial charge in [-0.15, -0.1) is 10.2 Å². The smallest absolute Gasteiger partial charge is 0.234 e. The first-order chi connectivity index (χ1) is 11.2. The molecule has 0 aliphatic rings. The van der Waals surface area contributed by atoms with Crippen LogP contribution < -0.4 is 10.6 Å². The summed E-state index contributed by atoms with van der Waals surface area (Å²) in [5, 5.41) is 13.9. The van der Waals surface area contributed by atoms with Gasteiger partial charge in [-0.1, -0.05) is 54.6 Å². The fraction of sp³-hybridized carbons (Fsp3) is 0.333. The van der Waals surface area contributed by atoms with E-state index in [4.69, 9.17) is 0 Å². The Morgan fingerprint density at radius 1 is 1.13 bits per heavy atom. The van der Waals surface area contributed by atoms with Crippen LogP contribution >= 0.6 is 23.1 Å². The van der Waals surface area contributed by atoms with E-state index in [-0.39, 0.29) is 17.6 Å². The number of nitrogens with zero attached hydrogens (tertiary/aromatic N) is 2. The molecule has 2 N–H and O–H groups in total. The van der Waals surface area contributed by atoms with Gasteiger partial charge in [0, 0.05) is 12.1 Å². The first-order valence-corrected chi connectivity index (χ1v) is 9.08. The third-order valence-electron chi connectivity index (χ3n) is 2.79. The molecule has 2 rings (SSSR count). The summed E-state index contributed by atoms with van der Waals surface area (Å²) in [5.74, 6) is 0.0825. The number of benzene rings is 1. The Balaban J connectivity index is 1.76. The van der Waals surface area contributed by atoms with Crippen LogP contribution in [0.4, 0.5) is 10.8 Å². The van der Waals surface area contributed by atoms with Gasteiger partial charge in [0.1, 0.15) is 0 Å². The van der Waals surface area contributed by atoms with E-state index in [1.807, 2.05) is 37.3 Å². The van der Waals surface area contributed by atoms with E-state index >= 15 is 0 Å². The average Bonchev–Trinajstić information content (AvgIpc) is 2.99. The van der Waals surface area contributed by atoms with Gasteiger partial charge < -0.3 is 10.6 Å². The summed E-state index contributed by atoms with van der Waals surface area (Å²) in [4.78, 5) is 23.5. The molecule has 0 aliphatic carbocycles. The maximum Gasteiger partial charge on any atom is 0.234 e. The van der Waals surface area contributed by atoms with Crippen molar-refractivity contribution in [2.75, 3.05) is 16.4 Å². The third kappa shape index (κ3) is 6.37. The Kier molecular flexibility index (Phi) is 7.02. The summed E-state index contributed by atoms with van der Waals surface area (Å²) in [6.45, 7) is 2.04. The lowest BCUT2D eigenvalue weighted by Gasteiger charge is -2.03. The highest BCUT2D eigenvalue weighted by atomic mass is 32.2. The second-order valence-corrected chi connectivity index (χ2v) is 6.93. The minimum Gasteiger partial charge on any atom is -0.325 e. The first kappa shape index (κ1) is 17.4. The second kappa shape index (κ2) is 9.26. The fourth-order valence-corrected chi connectivity index (χ4v) is 3.25. The molecular formula is C15H18N4O2S2. The number of hydrogen-bond donors (Lipinski definition) is 2. The standard InChI is InChI=1S/C15H18N4O2S2/c1-2-3-9-12(20)17-14-18-19-15(23-14)22-10-13(21)16-11-7-5-4-6-8-11/h4-8H,2-3,9-10H2,1H3,(H,16,21)(H,17,18,20). The lowest BCUT2D eigenvalue weighted by atomic mass is 10.2. The Bertz CT molecular complexity index is 646. The van der Waals surface area contributed by atoms with Crippen LogP contribution in [0.1, 0.15) is 26.2 Å². The molecule has 0 unspecified atom stereocenters. The number of amides is 2. The van der Waals surface area contributed by atoms with Crippen molar-refractivity contribution >= 4 is 45.7 Å². The number of unbranched alkanes of at least 4 members (excludes halogenated alkanes) is 1. The zero-order chi connectivity index (χ0) is 16.5. The predicted octanol–water partition coefficient (Wildman–Crippen LogP) is 3.40. The summed E-state index contributed by atoms with van der Waals surface area (Å²) in [6, 6.07) is 9.28. The van der Waals surface area contributed by atoms with Crippen molar-refractivity contribution in [2.24, 2.45) is 0 Å². The van der Waals surface area contributed by atoms with E-state index in [0.717, 1.165) is 18.5 Å². The molecule has 0 aliphatic heterocycles. The first-order valence-electron chi connectivity index (χ1n) is 7.28. The minimum atomic E-state index is -0.107. The predicted molar refractivity (Wildman–Crippen MR) is 93.9 cm³/mol. The van der Waals surface area contributed by atoms with Crippen LogP contribution in [0.25, 0.3) is 0 Å². The highest BCUT2D eigenvalue weighted by molar-refractivity contribution is 8.01. The van der Waals surface area contributed by atoms with E-state index in [9.17, 15) is 9.59 Å². The average molecular weight is 350 g/mol. The number of thioether (sulfide) groups is 1. The van der Waals surface area contributed by atoms with Crippen LogP contribution in [0.2, 0.25) is 0 Å². The molecule has 8 heteroatoms. The molecule has 23 heavy (non-hydrogen) atoms. The minimum absolute atomic E-state index is 0.0543. The molecule has 2 amide bonds. The molecule has 0 atom stereocenters.